The van der Waals surface area contributed by atoms with Gasteiger partial charge in [-0.2, -0.15) is 5.10 Å². The van der Waals surface area contributed by atoms with E-state index in [2.05, 4.69) is 38.3 Å². The lowest BCUT2D eigenvalue weighted by molar-refractivity contribution is -0.137. The summed E-state index contributed by atoms with van der Waals surface area (Å²) in [6, 6.07) is 0.722. The van der Waals surface area contributed by atoms with E-state index in [0.29, 0.717) is 5.91 Å². The van der Waals surface area contributed by atoms with Gasteiger partial charge < -0.3 is 14.7 Å². The fourth-order valence-corrected chi connectivity index (χ4v) is 6.82. The number of amides is 1. The number of carbonyl (C=O) groups is 1. The summed E-state index contributed by atoms with van der Waals surface area (Å²) in [4.78, 5) is 25.1. The van der Waals surface area contributed by atoms with Crippen LogP contribution in [0.5, 0.6) is 0 Å². The predicted octanol–water partition coefficient (Wildman–Crippen LogP) is 4.03. The normalized spacial score (nSPS) is 24.5. The summed E-state index contributed by atoms with van der Waals surface area (Å²) in [5.74, 6) is 0.643. The number of aromatic nitrogens is 3. The maximum atomic E-state index is 13.2. The molecule has 0 atom stereocenters. The molecule has 4 heterocycles. The number of likely N-dealkylation sites (tertiary alicyclic amines) is 1. The maximum Gasteiger partial charge on any atom is 0.225 e. The van der Waals surface area contributed by atoms with Crippen molar-refractivity contribution in [2.24, 2.45) is 5.92 Å². The zero-order chi connectivity index (χ0) is 23.3. The number of thiazole rings is 1. The molecule has 1 amide bonds. The van der Waals surface area contributed by atoms with Crippen LogP contribution in [0.15, 0.2) is 17.8 Å². The van der Waals surface area contributed by atoms with Crippen molar-refractivity contribution < 1.29 is 4.79 Å². The van der Waals surface area contributed by atoms with E-state index in [1.165, 1.54) is 50.2 Å². The van der Waals surface area contributed by atoms with Crippen LogP contribution in [0.3, 0.4) is 0 Å². The number of rotatable bonds is 7. The first-order valence-corrected chi connectivity index (χ1v) is 14.3. The number of aryl methyl sites for hydroxylation is 1. The molecule has 3 aliphatic rings. The third-order valence-electron chi connectivity index (χ3n) is 7.92. The van der Waals surface area contributed by atoms with Crippen molar-refractivity contribution in [1.29, 1.82) is 0 Å². The van der Waals surface area contributed by atoms with Gasteiger partial charge in [0.15, 0.2) is 0 Å². The predicted molar refractivity (Wildman–Crippen MR) is 137 cm³/mol. The quantitative estimate of drug-likeness (QED) is 0.594. The summed E-state index contributed by atoms with van der Waals surface area (Å²) in [5.41, 5.74) is 2.24. The molecule has 1 aliphatic carbocycles. The van der Waals surface area contributed by atoms with Crippen LogP contribution < -0.4 is 4.90 Å². The van der Waals surface area contributed by atoms with Gasteiger partial charge in [-0.3, -0.25) is 9.48 Å². The van der Waals surface area contributed by atoms with Crippen LogP contribution in [-0.4, -0.2) is 75.8 Å². The minimum absolute atomic E-state index is 0.242. The van der Waals surface area contributed by atoms with Crippen LogP contribution in [0, 0.1) is 5.92 Å². The maximum absolute atomic E-state index is 13.2. The molecule has 2 aromatic rings. The topological polar surface area (TPSA) is 57.5 Å². The number of hydrogen-bond donors (Lipinski definition) is 0. The van der Waals surface area contributed by atoms with Crippen molar-refractivity contribution in [1.82, 2.24) is 24.6 Å². The van der Waals surface area contributed by atoms with E-state index in [4.69, 9.17) is 4.98 Å². The summed E-state index contributed by atoms with van der Waals surface area (Å²) in [7, 11) is 0. The lowest BCUT2D eigenvalue weighted by Gasteiger charge is -2.41. The van der Waals surface area contributed by atoms with Gasteiger partial charge in [-0.05, 0) is 64.5 Å². The van der Waals surface area contributed by atoms with Crippen molar-refractivity contribution in [3.05, 3.63) is 28.5 Å². The monoisotopic (exact) mass is 484 g/mol. The zero-order valence-corrected chi connectivity index (χ0v) is 21.5. The fourth-order valence-electron chi connectivity index (χ4n) is 5.93. The summed E-state index contributed by atoms with van der Waals surface area (Å²) < 4.78 is 1.98. The van der Waals surface area contributed by atoms with Crippen molar-refractivity contribution >= 4 is 22.9 Å². The molecule has 0 radical (unpaired) electrons. The standard InChI is InChI=1S/C26H40N6OS/c1-2-6-25-28-22(20-34-25)18-32-19-24(17-27-32)30-13-15-31(16-14-30)26(33)21-7-9-23(10-8-21)29-11-4-3-5-12-29/h17,19-21,23H,2-16,18H2,1H3/t21-,23-. The Morgan fingerprint density at radius 3 is 2.53 bits per heavy atom. The van der Waals surface area contributed by atoms with E-state index in [9.17, 15) is 4.79 Å². The molecular formula is C26H40N6OS. The van der Waals surface area contributed by atoms with Gasteiger partial charge >= 0.3 is 0 Å². The highest BCUT2D eigenvalue weighted by atomic mass is 32.1. The Balaban J connectivity index is 1.07. The molecule has 5 rings (SSSR count). The number of carbonyl (C=O) groups excluding carboxylic acids is 1. The fraction of sp³-hybridized carbons (Fsp3) is 0.731. The number of piperazine rings is 1. The van der Waals surface area contributed by atoms with Gasteiger partial charge in [-0.25, -0.2) is 4.98 Å². The van der Waals surface area contributed by atoms with Crippen LogP contribution in [-0.2, 0) is 17.8 Å². The SMILES string of the molecule is CCCc1nc(Cn2cc(N3CCN(C(=O)[C@H]4CC[C@H](N5CCCCC5)CC4)CC3)cn2)cs1. The van der Waals surface area contributed by atoms with E-state index < -0.39 is 0 Å². The lowest BCUT2D eigenvalue weighted by atomic mass is 9.83. The molecule has 34 heavy (non-hydrogen) atoms. The van der Waals surface area contributed by atoms with Crippen LogP contribution >= 0.6 is 11.3 Å². The summed E-state index contributed by atoms with van der Waals surface area (Å²) in [6.45, 7) is 8.87. The largest absolute Gasteiger partial charge is 0.365 e. The second-order valence-corrected chi connectivity index (χ2v) is 11.2. The van der Waals surface area contributed by atoms with Gasteiger partial charge in [-0.15, -0.1) is 11.3 Å². The molecule has 0 N–H and O–H groups in total. The third kappa shape index (κ3) is 5.65. The molecule has 2 saturated heterocycles. The first-order chi connectivity index (χ1) is 16.7. The molecule has 186 valence electrons. The van der Waals surface area contributed by atoms with Crippen molar-refractivity contribution in [2.45, 2.75) is 77.3 Å². The van der Waals surface area contributed by atoms with Crippen LogP contribution in [0.2, 0.25) is 0 Å². The van der Waals surface area contributed by atoms with Gasteiger partial charge in [0.1, 0.15) is 0 Å². The summed E-state index contributed by atoms with van der Waals surface area (Å²) >= 11 is 1.75. The highest BCUT2D eigenvalue weighted by Crippen LogP contribution is 2.31. The highest BCUT2D eigenvalue weighted by molar-refractivity contribution is 7.09. The minimum atomic E-state index is 0.242. The Hall–Kier alpha value is -1.93. The number of hydrogen-bond acceptors (Lipinski definition) is 6. The molecular weight excluding hydrogens is 444 g/mol. The van der Waals surface area contributed by atoms with E-state index in [-0.39, 0.29) is 5.92 Å². The molecule has 0 unspecified atom stereocenters. The van der Waals surface area contributed by atoms with Gasteiger partial charge in [-0.1, -0.05) is 13.3 Å². The Kier molecular flexibility index (Phi) is 7.84. The zero-order valence-electron chi connectivity index (χ0n) is 20.7. The Bertz CT molecular complexity index is 919. The Labute approximate surface area is 208 Å². The Morgan fingerprint density at radius 1 is 1.03 bits per heavy atom. The second kappa shape index (κ2) is 11.2. The second-order valence-electron chi connectivity index (χ2n) is 10.3. The average molecular weight is 485 g/mol. The third-order valence-corrected chi connectivity index (χ3v) is 8.87. The molecule has 1 saturated carbocycles. The first-order valence-electron chi connectivity index (χ1n) is 13.4. The lowest BCUT2D eigenvalue weighted by Crippen LogP contribution is -2.51. The van der Waals surface area contributed by atoms with Crippen LogP contribution in [0.4, 0.5) is 5.69 Å². The molecule has 2 aliphatic heterocycles. The van der Waals surface area contributed by atoms with Gasteiger partial charge in [0, 0.05) is 49.7 Å². The average Bonchev–Trinajstić information content (AvgIpc) is 3.54. The number of nitrogens with zero attached hydrogens (tertiary/aromatic N) is 6. The number of piperidine rings is 1. The van der Waals surface area contributed by atoms with Gasteiger partial charge in [0.05, 0.1) is 29.1 Å². The summed E-state index contributed by atoms with van der Waals surface area (Å²) in [5, 5.41) is 7.93. The van der Waals surface area contributed by atoms with Crippen molar-refractivity contribution in [2.75, 3.05) is 44.2 Å². The van der Waals surface area contributed by atoms with Crippen molar-refractivity contribution in [3.8, 4) is 0 Å². The first kappa shape index (κ1) is 23.8. The molecule has 3 fully saturated rings. The molecule has 8 heteroatoms. The van der Waals surface area contributed by atoms with E-state index in [1.54, 1.807) is 11.3 Å². The number of anilines is 1. The van der Waals surface area contributed by atoms with E-state index in [1.807, 2.05) is 10.9 Å². The molecule has 0 aromatic carbocycles. The van der Waals surface area contributed by atoms with Crippen molar-refractivity contribution in [3.63, 3.8) is 0 Å². The summed E-state index contributed by atoms with van der Waals surface area (Å²) in [6.07, 6.45) is 14.9. The molecule has 0 spiro atoms. The highest BCUT2D eigenvalue weighted by Gasteiger charge is 2.33. The smallest absolute Gasteiger partial charge is 0.225 e. The van der Waals surface area contributed by atoms with Crippen LogP contribution in [0.25, 0.3) is 0 Å². The minimum Gasteiger partial charge on any atom is -0.365 e. The van der Waals surface area contributed by atoms with Crippen LogP contribution in [0.1, 0.15) is 69.0 Å². The molecule has 7 nitrogen and oxygen atoms in total. The Morgan fingerprint density at radius 2 is 1.79 bits per heavy atom. The van der Waals surface area contributed by atoms with E-state index >= 15 is 0 Å². The molecule has 0 bridgehead atoms. The van der Waals surface area contributed by atoms with E-state index in [0.717, 1.165) is 75.8 Å². The van der Waals surface area contributed by atoms with Gasteiger partial charge in [0.25, 0.3) is 0 Å². The van der Waals surface area contributed by atoms with Gasteiger partial charge in [0.2, 0.25) is 5.91 Å². The molecule has 2 aromatic heterocycles.